The number of benzene rings is 3. The van der Waals surface area contributed by atoms with Crippen LogP contribution < -0.4 is 10.9 Å². The Labute approximate surface area is 256 Å². The molecule has 1 aromatic heterocycles. The highest BCUT2D eigenvalue weighted by Crippen LogP contribution is 2.34. The maximum atomic E-state index is 13.9. The summed E-state index contributed by atoms with van der Waals surface area (Å²) in [4.78, 5) is 29.3. The number of hydrogen-bond donors (Lipinski definition) is 2. The number of hydrogen-bond acceptors (Lipinski definition) is 7. The summed E-state index contributed by atoms with van der Waals surface area (Å²) in [5.41, 5.74) is 1.83. The molecule has 226 valence electrons. The van der Waals surface area contributed by atoms with Gasteiger partial charge in [0.2, 0.25) is 15.7 Å². The van der Waals surface area contributed by atoms with Crippen molar-refractivity contribution in [2.24, 2.45) is 0 Å². The number of aromatic hydroxyl groups is 1. The first-order valence-corrected chi connectivity index (χ1v) is 16.3. The Morgan fingerprint density at radius 3 is 2.48 bits per heavy atom. The van der Waals surface area contributed by atoms with Gasteiger partial charge in [-0.15, -0.1) is 0 Å². The van der Waals surface area contributed by atoms with Crippen molar-refractivity contribution in [3.63, 3.8) is 0 Å². The molecule has 0 saturated heterocycles. The summed E-state index contributed by atoms with van der Waals surface area (Å²) >= 11 is 0. The summed E-state index contributed by atoms with van der Waals surface area (Å²) in [6.45, 7) is 3.86. The molecular formula is C34H34N4O5S. The van der Waals surface area contributed by atoms with E-state index in [9.17, 15) is 28.4 Å². The monoisotopic (exact) mass is 610 g/mol. The fourth-order valence-corrected chi connectivity index (χ4v) is 6.71. The summed E-state index contributed by atoms with van der Waals surface area (Å²) in [6, 6.07) is 21.6. The number of aryl methyl sites for hydroxylation is 1. The second-order valence-corrected chi connectivity index (χ2v) is 12.8. The molecule has 0 unspecified atom stereocenters. The summed E-state index contributed by atoms with van der Waals surface area (Å²) in [6.07, 6.45) is 4.18. The van der Waals surface area contributed by atoms with Crippen molar-refractivity contribution < 1.29 is 18.3 Å². The van der Waals surface area contributed by atoms with E-state index in [4.69, 9.17) is 0 Å². The van der Waals surface area contributed by atoms with E-state index in [-0.39, 0.29) is 22.7 Å². The van der Waals surface area contributed by atoms with Crippen molar-refractivity contribution in [2.45, 2.75) is 74.2 Å². The molecule has 10 heteroatoms. The maximum absolute atomic E-state index is 13.9. The molecule has 44 heavy (non-hydrogen) atoms. The van der Waals surface area contributed by atoms with Crippen molar-refractivity contribution in [3.8, 4) is 23.1 Å². The number of rotatable bonds is 11. The molecule has 3 aromatic carbocycles. The lowest BCUT2D eigenvalue weighted by Gasteiger charge is -2.25. The fourth-order valence-electron chi connectivity index (χ4n) is 5.36. The van der Waals surface area contributed by atoms with Gasteiger partial charge in [-0.2, -0.15) is 10.2 Å². The van der Waals surface area contributed by atoms with E-state index < -0.39 is 32.2 Å². The minimum atomic E-state index is -4.51. The predicted octanol–water partition coefficient (Wildman–Crippen LogP) is 5.55. The molecule has 0 aliphatic heterocycles. The molecule has 0 bridgehead atoms. The summed E-state index contributed by atoms with van der Waals surface area (Å²) in [5, 5.41) is 24.0. The van der Waals surface area contributed by atoms with Crippen LogP contribution in [0.1, 0.15) is 79.3 Å². The van der Waals surface area contributed by atoms with Gasteiger partial charge >= 0.3 is 0 Å². The maximum Gasteiger partial charge on any atom is 0.296 e. The van der Waals surface area contributed by atoms with Crippen LogP contribution >= 0.6 is 0 Å². The minimum absolute atomic E-state index is 0.185. The highest BCUT2D eigenvalue weighted by molar-refractivity contribution is 7.91. The minimum Gasteiger partial charge on any atom is -0.493 e. The van der Waals surface area contributed by atoms with Crippen LogP contribution in [0.4, 0.5) is 0 Å². The van der Waals surface area contributed by atoms with Gasteiger partial charge in [-0.25, -0.2) is 8.42 Å². The van der Waals surface area contributed by atoms with Crippen LogP contribution in [0, 0.1) is 11.3 Å². The van der Waals surface area contributed by atoms with E-state index >= 15 is 0 Å². The van der Waals surface area contributed by atoms with Crippen LogP contribution in [0.2, 0.25) is 0 Å². The Morgan fingerprint density at radius 1 is 1.09 bits per heavy atom. The summed E-state index contributed by atoms with van der Waals surface area (Å²) in [5.74, 6) is -0.597. The summed E-state index contributed by atoms with van der Waals surface area (Å²) in [7, 11) is -4.51. The second kappa shape index (κ2) is 12.9. The number of nitrogens with one attached hydrogen (secondary N) is 1. The molecule has 1 aliphatic carbocycles. The third-order valence-corrected chi connectivity index (χ3v) is 9.60. The normalized spacial score (nSPS) is 13.7. The van der Waals surface area contributed by atoms with Crippen molar-refractivity contribution in [2.75, 3.05) is 0 Å². The van der Waals surface area contributed by atoms with Gasteiger partial charge in [0.1, 0.15) is 5.82 Å². The van der Waals surface area contributed by atoms with Gasteiger partial charge < -0.3 is 10.4 Å². The van der Waals surface area contributed by atoms with E-state index in [1.165, 1.54) is 16.7 Å². The average Bonchev–Trinajstić information content (AvgIpc) is 3.85. The largest absolute Gasteiger partial charge is 0.493 e. The van der Waals surface area contributed by atoms with E-state index in [0.717, 1.165) is 19.3 Å². The van der Waals surface area contributed by atoms with Gasteiger partial charge in [0, 0.05) is 18.0 Å². The molecule has 5 rings (SSSR count). The fraction of sp³-hybridized carbons (Fsp3) is 0.294. The Kier molecular flexibility index (Phi) is 8.97. The van der Waals surface area contributed by atoms with Crippen LogP contribution in [0.3, 0.4) is 0 Å². The average molecular weight is 611 g/mol. The number of unbranched alkanes of at least 4 members (excludes halogenated alkanes) is 1. The van der Waals surface area contributed by atoms with Gasteiger partial charge in [0.05, 0.1) is 22.6 Å². The second-order valence-electron chi connectivity index (χ2n) is 10.9. The third kappa shape index (κ3) is 6.15. The van der Waals surface area contributed by atoms with Gasteiger partial charge in [-0.1, -0.05) is 62.7 Å². The molecular weight excluding hydrogens is 576 g/mol. The summed E-state index contributed by atoms with van der Waals surface area (Å²) < 4.78 is 29.3. The molecule has 9 nitrogen and oxygen atoms in total. The van der Waals surface area contributed by atoms with E-state index in [1.807, 2.05) is 13.8 Å². The Bertz CT molecular complexity index is 1910. The number of sulfone groups is 1. The quantitative estimate of drug-likeness (QED) is 0.227. The molecule has 0 radical (unpaired) electrons. The number of nitriles is 1. The van der Waals surface area contributed by atoms with Crippen LogP contribution in [0.15, 0.2) is 87.4 Å². The zero-order valence-electron chi connectivity index (χ0n) is 24.7. The first-order chi connectivity index (χ1) is 21.2. The third-order valence-electron chi connectivity index (χ3n) is 7.82. The van der Waals surface area contributed by atoms with Crippen molar-refractivity contribution in [3.05, 3.63) is 106 Å². The molecule has 1 saturated carbocycles. The highest BCUT2D eigenvalue weighted by Gasteiger charge is 2.32. The highest BCUT2D eigenvalue weighted by atomic mass is 32.2. The molecule has 2 N–H and O–H groups in total. The van der Waals surface area contributed by atoms with Crippen LogP contribution in [-0.2, 0) is 16.3 Å². The zero-order chi connectivity index (χ0) is 31.4. The Balaban J connectivity index is 1.58. The van der Waals surface area contributed by atoms with Gasteiger partial charge in [-0.05, 0) is 72.7 Å². The van der Waals surface area contributed by atoms with Gasteiger partial charge in [-0.3, -0.25) is 14.2 Å². The number of aromatic nitrogens is 2. The van der Waals surface area contributed by atoms with Crippen LogP contribution in [0.5, 0.6) is 5.88 Å². The standard InChI is InChI=1S/C34H34N4O5S/c1-3-5-13-30-37-33(40)31(34(41)38(30)29(4-2)24-10-8-9-22(20-24)21-35)44(42,43)26-18-14-23(15-19-26)27-11-6-7-12-28(27)32(39)36-25-16-17-25/h6-12,14-15,18-20,25,29,41H,3-5,13,16-17H2,1-2H3,(H,36,39)/t29-/m0/s1. The van der Waals surface area contributed by atoms with Crippen LogP contribution in [-0.4, -0.2) is 35.0 Å². The molecule has 1 aliphatic rings. The molecule has 1 fully saturated rings. The van der Waals surface area contributed by atoms with Crippen molar-refractivity contribution >= 4 is 15.7 Å². The topological polar surface area (TPSA) is 142 Å². The molecule has 1 amide bonds. The molecule has 1 heterocycles. The van der Waals surface area contributed by atoms with Crippen molar-refractivity contribution in [1.82, 2.24) is 14.9 Å². The number of carbonyl (C=O) groups excluding carboxylic acids is 1. The predicted molar refractivity (Wildman–Crippen MR) is 166 cm³/mol. The Morgan fingerprint density at radius 2 is 1.82 bits per heavy atom. The first kappa shape index (κ1) is 30.7. The number of amides is 1. The van der Waals surface area contributed by atoms with Gasteiger partial charge in [0.25, 0.3) is 11.5 Å². The zero-order valence-corrected chi connectivity index (χ0v) is 25.5. The van der Waals surface area contributed by atoms with E-state index in [0.29, 0.717) is 47.1 Å². The Hall–Kier alpha value is -4.75. The smallest absolute Gasteiger partial charge is 0.296 e. The first-order valence-electron chi connectivity index (χ1n) is 14.8. The van der Waals surface area contributed by atoms with E-state index in [1.54, 1.807) is 60.7 Å². The molecule has 4 aromatic rings. The molecule has 1 atom stereocenters. The number of carbonyl (C=O) groups is 1. The van der Waals surface area contributed by atoms with Crippen molar-refractivity contribution in [1.29, 1.82) is 5.26 Å². The van der Waals surface area contributed by atoms with E-state index in [2.05, 4.69) is 16.4 Å². The lowest BCUT2D eigenvalue weighted by molar-refractivity contribution is 0.0951. The lowest BCUT2D eigenvalue weighted by atomic mass is 9.99. The number of nitrogens with zero attached hydrogens (tertiary/aromatic N) is 3. The SMILES string of the molecule is CCCCc1nc(=O)c(S(=O)(=O)c2ccc(-c3ccccc3C(=O)NC3CC3)cc2)c(O)n1[C@@H](CC)c1cccc(C#N)c1. The van der Waals surface area contributed by atoms with Gasteiger partial charge in [0.15, 0.2) is 4.90 Å². The lowest BCUT2D eigenvalue weighted by Crippen LogP contribution is -2.27. The van der Waals surface area contributed by atoms with Crippen LogP contribution in [0.25, 0.3) is 11.1 Å². The molecule has 0 spiro atoms.